The Morgan fingerprint density at radius 1 is 1.67 bits per heavy atom. The highest BCUT2D eigenvalue weighted by atomic mass is 16.3. The third-order valence-corrected chi connectivity index (χ3v) is 1.11. The van der Waals surface area contributed by atoms with Crippen molar-refractivity contribution in [1.82, 2.24) is 0 Å². The molecule has 1 nitrogen and oxygen atoms in total. The molecule has 0 heterocycles. The molecule has 1 heteroatoms. The lowest BCUT2D eigenvalue weighted by Crippen LogP contribution is -1.83. The second-order valence-corrected chi connectivity index (χ2v) is 1.96. The molecule has 0 rings (SSSR count). The van der Waals surface area contributed by atoms with Crippen molar-refractivity contribution in [2.45, 2.75) is 26.7 Å². The fraction of sp³-hybridized carbons (Fsp3) is 0.500. The summed E-state index contributed by atoms with van der Waals surface area (Å²) in [6.07, 6.45) is 6.88. The second kappa shape index (κ2) is 4.03. The monoisotopic (exact) mass is 124 g/mol. The topological polar surface area (TPSA) is 20.2 Å². The Labute approximate surface area is 56.4 Å². The van der Waals surface area contributed by atoms with E-state index in [0.29, 0.717) is 0 Å². The Bertz CT molecular complexity index is 144. The van der Waals surface area contributed by atoms with Gasteiger partial charge in [0.15, 0.2) is 0 Å². The van der Waals surface area contributed by atoms with Crippen molar-refractivity contribution in [3.8, 4) is 12.3 Å². The fourth-order valence-corrected chi connectivity index (χ4v) is 0.608. The van der Waals surface area contributed by atoms with Gasteiger partial charge >= 0.3 is 0 Å². The zero-order valence-electron chi connectivity index (χ0n) is 5.94. The first-order valence-corrected chi connectivity index (χ1v) is 3.07. The lowest BCUT2D eigenvalue weighted by atomic mass is 10.1. The predicted molar refractivity (Wildman–Crippen MR) is 39.1 cm³/mol. The summed E-state index contributed by atoms with van der Waals surface area (Å²) >= 11 is 0. The molecule has 0 radical (unpaired) electrons. The molecule has 0 spiro atoms. The van der Waals surface area contributed by atoms with Gasteiger partial charge in [-0.05, 0) is 13.3 Å². The maximum Gasteiger partial charge on any atom is 0.101 e. The highest BCUT2D eigenvalue weighted by Crippen LogP contribution is 2.06. The van der Waals surface area contributed by atoms with Crippen LogP contribution in [0.25, 0.3) is 0 Å². The number of terminal acetylenes is 1. The Balaban J connectivity index is 4.04. The third kappa shape index (κ3) is 2.81. The summed E-state index contributed by atoms with van der Waals surface area (Å²) in [6.45, 7) is 3.64. The number of allylic oxidation sites excluding steroid dienone is 2. The molecule has 0 aliphatic rings. The van der Waals surface area contributed by atoms with E-state index < -0.39 is 0 Å². The maximum absolute atomic E-state index is 8.88. The van der Waals surface area contributed by atoms with Gasteiger partial charge in [-0.25, -0.2) is 0 Å². The molecule has 1 N–H and O–H groups in total. The average molecular weight is 124 g/mol. The molecule has 9 heavy (non-hydrogen) atoms. The molecule has 0 fully saturated rings. The smallest absolute Gasteiger partial charge is 0.101 e. The SMILES string of the molecule is C#CC(CCC)=C(C)O. The minimum Gasteiger partial charge on any atom is -0.512 e. The van der Waals surface area contributed by atoms with Gasteiger partial charge in [-0.2, -0.15) is 0 Å². The Morgan fingerprint density at radius 2 is 2.22 bits per heavy atom. The van der Waals surface area contributed by atoms with Crippen LogP contribution in [0.1, 0.15) is 26.7 Å². The highest BCUT2D eigenvalue weighted by Gasteiger charge is 1.93. The molecular formula is C8H12O. The van der Waals surface area contributed by atoms with E-state index in [0.717, 1.165) is 18.4 Å². The third-order valence-electron chi connectivity index (χ3n) is 1.11. The van der Waals surface area contributed by atoms with Gasteiger partial charge in [-0.1, -0.05) is 19.3 Å². The molecule has 0 aromatic rings. The molecule has 0 saturated heterocycles. The van der Waals surface area contributed by atoms with Gasteiger partial charge in [-0.15, -0.1) is 6.42 Å². The van der Waals surface area contributed by atoms with Crippen LogP contribution in [0.4, 0.5) is 0 Å². The van der Waals surface area contributed by atoms with Gasteiger partial charge in [-0.3, -0.25) is 0 Å². The van der Waals surface area contributed by atoms with E-state index in [4.69, 9.17) is 11.5 Å². The first-order chi connectivity index (χ1) is 4.22. The zero-order valence-corrected chi connectivity index (χ0v) is 5.94. The van der Waals surface area contributed by atoms with Crippen LogP contribution in [0.15, 0.2) is 11.3 Å². The van der Waals surface area contributed by atoms with E-state index in [1.54, 1.807) is 6.92 Å². The van der Waals surface area contributed by atoms with Crippen molar-refractivity contribution in [3.63, 3.8) is 0 Å². The lowest BCUT2D eigenvalue weighted by Gasteiger charge is -1.96. The van der Waals surface area contributed by atoms with Crippen molar-refractivity contribution in [1.29, 1.82) is 0 Å². The van der Waals surface area contributed by atoms with Gasteiger partial charge in [0, 0.05) is 5.57 Å². The summed E-state index contributed by atoms with van der Waals surface area (Å²) in [5.41, 5.74) is 0.720. The van der Waals surface area contributed by atoms with Crippen molar-refractivity contribution in [3.05, 3.63) is 11.3 Å². The van der Waals surface area contributed by atoms with E-state index >= 15 is 0 Å². The molecule has 0 unspecified atom stereocenters. The van der Waals surface area contributed by atoms with Gasteiger partial charge in [0.25, 0.3) is 0 Å². The molecule has 0 bridgehead atoms. The zero-order chi connectivity index (χ0) is 7.28. The van der Waals surface area contributed by atoms with Crippen LogP contribution < -0.4 is 0 Å². The van der Waals surface area contributed by atoms with E-state index in [9.17, 15) is 0 Å². The summed E-state index contributed by atoms with van der Waals surface area (Å²) in [6, 6.07) is 0. The lowest BCUT2D eigenvalue weighted by molar-refractivity contribution is 0.407. The van der Waals surface area contributed by atoms with Crippen LogP contribution in [0.2, 0.25) is 0 Å². The molecule has 0 amide bonds. The second-order valence-electron chi connectivity index (χ2n) is 1.96. The van der Waals surface area contributed by atoms with E-state index in [1.165, 1.54) is 0 Å². The molecule has 0 aromatic heterocycles. The highest BCUT2D eigenvalue weighted by molar-refractivity contribution is 5.26. The Kier molecular flexibility index (Phi) is 3.62. The van der Waals surface area contributed by atoms with Crippen LogP contribution in [-0.4, -0.2) is 5.11 Å². The van der Waals surface area contributed by atoms with Crippen LogP contribution in [0, 0.1) is 12.3 Å². The van der Waals surface area contributed by atoms with Gasteiger partial charge < -0.3 is 5.11 Å². The number of hydrogen-bond acceptors (Lipinski definition) is 1. The number of hydrogen-bond donors (Lipinski definition) is 1. The largest absolute Gasteiger partial charge is 0.512 e. The molecule has 0 aromatic carbocycles. The van der Waals surface area contributed by atoms with E-state index in [-0.39, 0.29) is 5.76 Å². The molecule has 0 aliphatic carbocycles. The van der Waals surface area contributed by atoms with Gasteiger partial charge in [0.1, 0.15) is 5.76 Å². The van der Waals surface area contributed by atoms with E-state index in [1.807, 2.05) is 6.92 Å². The minimum absolute atomic E-state index is 0.277. The van der Waals surface area contributed by atoms with E-state index in [2.05, 4.69) is 5.92 Å². The summed E-state index contributed by atoms with van der Waals surface area (Å²) in [5, 5.41) is 8.88. The molecule has 50 valence electrons. The van der Waals surface area contributed by atoms with Crippen molar-refractivity contribution < 1.29 is 5.11 Å². The Hall–Kier alpha value is -0.900. The summed E-state index contributed by atoms with van der Waals surface area (Å²) in [5.74, 6) is 2.71. The standard InChI is InChI=1S/C8H12O/c1-4-6-8(5-2)7(3)9/h2,9H,4,6H2,1,3H3. The molecular weight excluding hydrogens is 112 g/mol. The average Bonchev–Trinajstić information content (AvgIpc) is 1.82. The predicted octanol–water partition coefficient (Wildman–Crippen LogP) is 2.25. The summed E-state index contributed by atoms with van der Waals surface area (Å²) < 4.78 is 0. The minimum atomic E-state index is 0.277. The van der Waals surface area contributed by atoms with Crippen LogP contribution in [-0.2, 0) is 0 Å². The number of aliphatic hydroxyl groups excluding tert-OH is 1. The number of aliphatic hydroxyl groups is 1. The Morgan fingerprint density at radius 3 is 2.33 bits per heavy atom. The summed E-state index contributed by atoms with van der Waals surface area (Å²) in [4.78, 5) is 0. The van der Waals surface area contributed by atoms with Gasteiger partial charge in [0.2, 0.25) is 0 Å². The first-order valence-electron chi connectivity index (χ1n) is 3.07. The van der Waals surface area contributed by atoms with Gasteiger partial charge in [0.05, 0.1) is 0 Å². The van der Waals surface area contributed by atoms with Crippen molar-refractivity contribution in [2.75, 3.05) is 0 Å². The quantitative estimate of drug-likeness (QED) is 0.442. The van der Waals surface area contributed by atoms with Crippen molar-refractivity contribution >= 4 is 0 Å². The summed E-state index contributed by atoms with van der Waals surface area (Å²) in [7, 11) is 0. The van der Waals surface area contributed by atoms with Crippen molar-refractivity contribution in [2.24, 2.45) is 0 Å². The molecule has 0 aliphatic heterocycles. The maximum atomic E-state index is 8.88. The fourth-order valence-electron chi connectivity index (χ4n) is 0.608. The molecule has 0 atom stereocenters. The number of rotatable bonds is 2. The van der Waals surface area contributed by atoms with Crippen LogP contribution in [0.3, 0.4) is 0 Å². The molecule has 0 saturated carbocycles. The normalized spacial score (nSPS) is 12.1. The van der Waals surface area contributed by atoms with Crippen LogP contribution >= 0.6 is 0 Å². The first kappa shape index (κ1) is 8.10. The van der Waals surface area contributed by atoms with Crippen LogP contribution in [0.5, 0.6) is 0 Å².